The largest absolute Gasteiger partial charge is 0.454 e. The van der Waals surface area contributed by atoms with Gasteiger partial charge in [0.05, 0.1) is 6.54 Å². The van der Waals surface area contributed by atoms with Gasteiger partial charge in [-0.15, -0.1) is 0 Å². The zero-order valence-electron chi connectivity index (χ0n) is 16.2. The molecule has 1 aromatic rings. The number of benzene rings is 1. The highest BCUT2D eigenvalue weighted by molar-refractivity contribution is 6.04. The van der Waals surface area contributed by atoms with E-state index in [0.29, 0.717) is 18.0 Å². The molecule has 0 aromatic heterocycles. The van der Waals surface area contributed by atoms with Crippen LogP contribution in [0.1, 0.15) is 24.8 Å². The molecule has 2 N–H and O–H groups in total. The number of imide groups is 1. The molecule has 1 fully saturated rings. The average Bonchev–Trinajstić information content (AvgIpc) is 3.22. The summed E-state index contributed by atoms with van der Waals surface area (Å²) in [6.07, 6.45) is 1.33. The normalized spacial score (nSPS) is 18.0. The van der Waals surface area contributed by atoms with E-state index < -0.39 is 12.1 Å². The molecule has 2 aliphatic heterocycles. The predicted octanol–water partition coefficient (Wildman–Crippen LogP) is 0.684. The van der Waals surface area contributed by atoms with Crippen molar-refractivity contribution in [1.29, 1.82) is 0 Å². The van der Waals surface area contributed by atoms with Gasteiger partial charge in [0.15, 0.2) is 11.5 Å². The van der Waals surface area contributed by atoms with E-state index in [4.69, 9.17) is 9.47 Å². The van der Waals surface area contributed by atoms with Crippen molar-refractivity contribution in [2.75, 3.05) is 34.0 Å². The maximum absolute atomic E-state index is 12.6. The van der Waals surface area contributed by atoms with Gasteiger partial charge < -0.3 is 25.0 Å². The monoisotopic (exact) mass is 390 g/mol. The van der Waals surface area contributed by atoms with Gasteiger partial charge in [0.25, 0.3) is 5.91 Å². The molecule has 152 valence electrons. The van der Waals surface area contributed by atoms with Crippen LogP contribution in [0.4, 0.5) is 4.79 Å². The van der Waals surface area contributed by atoms with Crippen LogP contribution in [0.25, 0.3) is 0 Å². The summed E-state index contributed by atoms with van der Waals surface area (Å²) in [4.78, 5) is 39.9. The van der Waals surface area contributed by atoms with Crippen molar-refractivity contribution in [3.8, 4) is 11.5 Å². The predicted molar refractivity (Wildman–Crippen MR) is 101 cm³/mol. The number of nitrogens with zero attached hydrogens (tertiary/aromatic N) is 2. The lowest BCUT2D eigenvalue weighted by molar-refractivity contribution is -0.128. The molecule has 2 heterocycles. The summed E-state index contributed by atoms with van der Waals surface area (Å²) in [5.74, 6) is 0.820. The SMILES string of the molecule is CN(C)CCCNC(=O)CC[C@H]1NC(=O)N(Cc2ccc3c(c2)OCO3)C1=O. The molecule has 0 saturated carbocycles. The Morgan fingerprint density at radius 2 is 2.07 bits per heavy atom. The molecule has 1 saturated heterocycles. The molecule has 4 amide bonds. The van der Waals surface area contributed by atoms with Gasteiger partial charge in [0.1, 0.15) is 6.04 Å². The van der Waals surface area contributed by atoms with Crippen LogP contribution in [0.3, 0.4) is 0 Å². The quantitative estimate of drug-likeness (QED) is 0.475. The van der Waals surface area contributed by atoms with Crippen molar-refractivity contribution < 1.29 is 23.9 Å². The van der Waals surface area contributed by atoms with Crippen molar-refractivity contribution in [2.24, 2.45) is 0 Å². The fraction of sp³-hybridized carbons (Fsp3) is 0.526. The number of rotatable bonds is 9. The van der Waals surface area contributed by atoms with Gasteiger partial charge in [-0.3, -0.25) is 14.5 Å². The minimum atomic E-state index is -0.672. The fourth-order valence-electron chi connectivity index (χ4n) is 3.13. The smallest absolute Gasteiger partial charge is 0.325 e. The van der Waals surface area contributed by atoms with Crippen LogP contribution in [-0.2, 0) is 16.1 Å². The van der Waals surface area contributed by atoms with Crippen LogP contribution in [0.5, 0.6) is 11.5 Å². The lowest BCUT2D eigenvalue weighted by Crippen LogP contribution is -2.33. The first kappa shape index (κ1) is 19.9. The summed E-state index contributed by atoms with van der Waals surface area (Å²) in [5, 5.41) is 5.49. The van der Waals surface area contributed by atoms with Crippen LogP contribution in [-0.4, -0.2) is 67.7 Å². The highest BCUT2D eigenvalue weighted by Crippen LogP contribution is 2.33. The van der Waals surface area contributed by atoms with E-state index in [2.05, 4.69) is 10.6 Å². The Labute approximate surface area is 163 Å². The molecule has 3 rings (SSSR count). The first-order valence-electron chi connectivity index (χ1n) is 9.36. The highest BCUT2D eigenvalue weighted by atomic mass is 16.7. The maximum Gasteiger partial charge on any atom is 0.325 e. The second-order valence-electron chi connectivity index (χ2n) is 7.16. The van der Waals surface area contributed by atoms with Gasteiger partial charge in [-0.2, -0.15) is 0 Å². The lowest BCUT2D eigenvalue weighted by atomic mass is 10.1. The summed E-state index contributed by atoms with van der Waals surface area (Å²) in [5.41, 5.74) is 0.770. The molecule has 9 heteroatoms. The van der Waals surface area contributed by atoms with E-state index >= 15 is 0 Å². The first-order valence-corrected chi connectivity index (χ1v) is 9.36. The van der Waals surface area contributed by atoms with Gasteiger partial charge in [-0.05, 0) is 51.2 Å². The average molecular weight is 390 g/mol. The van der Waals surface area contributed by atoms with E-state index in [1.165, 1.54) is 0 Å². The molecule has 0 aliphatic carbocycles. The van der Waals surface area contributed by atoms with Gasteiger partial charge in [-0.1, -0.05) is 6.07 Å². The minimum absolute atomic E-state index is 0.116. The molecule has 0 unspecified atom stereocenters. The summed E-state index contributed by atoms with van der Waals surface area (Å²) in [6, 6.07) is 4.20. The summed E-state index contributed by atoms with van der Waals surface area (Å²) < 4.78 is 10.6. The molecule has 28 heavy (non-hydrogen) atoms. The molecule has 0 bridgehead atoms. The fourth-order valence-corrected chi connectivity index (χ4v) is 3.13. The van der Waals surface area contributed by atoms with Crippen molar-refractivity contribution in [3.05, 3.63) is 23.8 Å². The Kier molecular flexibility index (Phi) is 6.35. The van der Waals surface area contributed by atoms with E-state index in [9.17, 15) is 14.4 Å². The Morgan fingerprint density at radius 3 is 2.86 bits per heavy atom. The standard InChI is InChI=1S/C19H26N4O5/c1-22(2)9-3-8-20-17(24)7-5-14-18(25)23(19(26)21-14)11-13-4-6-15-16(10-13)28-12-27-15/h4,6,10,14H,3,5,7-9,11-12H2,1-2H3,(H,20,24)(H,21,26)/t14-/m1/s1. The summed E-state index contributed by atoms with van der Waals surface area (Å²) >= 11 is 0. The topological polar surface area (TPSA) is 100 Å². The lowest BCUT2D eigenvalue weighted by Gasteiger charge is -2.13. The first-order chi connectivity index (χ1) is 13.4. The molecule has 0 radical (unpaired) electrons. The van der Waals surface area contributed by atoms with Crippen LogP contribution in [0, 0.1) is 0 Å². The zero-order valence-corrected chi connectivity index (χ0v) is 16.2. The third kappa shape index (κ3) is 4.92. The third-order valence-electron chi connectivity index (χ3n) is 4.65. The van der Waals surface area contributed by atoms with Gasteiger partial charge in [0, 0.05) is 13.0 Å². The van der Waals surface area contributed by atoms with Crippen molar-refractivity contribution >= 4 is 17.8 Å². The molecular formula is C19H26N4O5. The minimum Gasteiger partial charge on any atom is -0.454 e. The van der Waals surface area contributed by atoms with Gasteiger partial charge in [0.2, 0.25) is 12.7 Å². The number of ether oxygens (including phenoxy) is 2. The van der Waals surface area contributed by atoms with Crippen LogP contribution in [0.15, 0.2) is 18.2 Å². The number of amides is 4. The van der Waals surface area contributed by atoms with E-state index in [0.717, 1.165) is 23.4 Å². The molecule has 1 aromatic carbocycles. The van der Waals surface area contributed by atoms with Crippen molar-refractivity contribution in [2.45, 2.75) is 31.8 Å². The van der Waals surface area contributed by atoms with E-state index in [1.807, 2.05) is 19.0 Å². The van der Waals surface area contributed by atoms with Crippen LogP contribution in [0.2, 0.25) is 0 Å². The number of carbonyl (C=O) groups excluding carboxylic acids is 3. The molecule has 1 atom stereocenters. The Balaban J connectivity index is 1.46. The Morgan fingerprint density at radius 1 is 1.29 bits per heavy atom. The van der Waals surface area contributed by atoms with Crippen molar-refractivity contribution in [3.63, 3.8) is 0 Å². The summed E-state index contributed by atoms with van der Waals surface area (Å²) in [7, 11) is 3.96. The van der Waals surface area contributed by atoms with Crippen LogP contribution >= 0.6 is 0 Å². The number of hydrogen-bond acceptors (Lipinski definition) is 6. The Bertz CT molecular complexity index is 752. The maximum atomic E-state index is 12.6. The number of fused-ring (bicyclic) bond motifs is 1. The second-order valence-corrected chi connectivity index (χ2v) is 7.16. The van der Waals surface area contributed by atoms with Gasteiger partial charge in [-0.25, -0.2) is 4.79 Å². The van der Waals surface area contributed by atoms with Gasteiger partial charge >= 0.3 is 6.03 Å². The number of urea groups is 1. The molecular weight excluding hydrogens is 364 g/mol. The van der Waals surface area contributed by atoms with E-state index in [1.54, 1.807) is 18.2 Å². The zero-order chi connectivity index (χ0) is 20.1. The molecule has 9 nitrogen and oxygen atoms in total. The Hall–Kier alpha value is -2.81. The number of carbonyl (C=O) groups is 3. The van der Waals surface area contributed by atoms with Crippen molar-refractivity contribution in [1.82, 2.24) is 20.4 Å². The number of nitrogens with one attached hydrogen (secondary N) is 2. The number of hydrogen-bond donors (Lipinski definition) is 2. The van der Waals surface area contributed by atoms with Crippen LogP contribution < -0.4 is 20.1 Å². The summed E-state index contributed by atoms with van der Waals surface area (Å²) in [6.45, 7) is 1.81. The molecule has 0 spiro atoms. The second kappa shape index (κ2) is 8.92. The van der Waals surface area contributed by atoms with E-state index in [-0.39, 0.29) is 38.0 Å². The highest BCUT2D eigenvalue weighted by Gasteiger charge is 2.37. The third-order valence-corrected chi connectivity index (χ3v) is 4.65. The molecule has 2 aliphatic rings.